The first-order valence-corrected chi connectivity index (χ1v) is 14.4. The third-order valence-electron chi connectivity index (χ3n) is 8.02. The van der Waals surface area contributed by atoms with Gasteiger partial charge in [-0.1, -0.05) is 30.8 Å². The summed E-state index contributed by atoms with van der Waals surface area (Å²) < 4.78 is 6.43. The van der Waals surface area contributed by atoms with Gasteiger partial charge in [-0.2, -0.15) is 0 Å². The van der Waals surface area contributed by atoms with Crippen LogP contribution in [0.15, 0.2) is 73.4 Å². The molecular weight excluding hydrogens is 552 g/mol. The maximum atomic E-state index is 14.0. The van der Waals surface area contributed by atoms with Gasteiger partial charge >= 0.3 is 0 Å². The lowest BCUT2D eigenvalue weighted by Crippen LogP contribution is -2.53. The SMILES string of the molecule is C=CC(=O)N[C@@H]1CCC[C@H]1NC(=O)c1sc2c(N)ccc3c2c1C(N)C(=O)C3(N)c1ccc(Oc2ccccc2)nc1. The van der Waals surface area contributed by atoms with Gasteiger partial charge in [-0.25, -0.2) is 4.98 Å². The minimum Gasteiger partial charge on any atom is -0.439 e. The quantitative estimate of drug-likeness (QED) is 0.163. The van der Waals surface area contributed by atoms with Crippen molar-refractivity contribution >= 4 is 44.7 Å². The van der Waals surface area contributed by atoms with Gasteiger partial charge in [0.15, 0.2) is 5.78 Å². The van der Waals surface area contributed by atoms with Gasteiger partial charge in [0.25, 0.3) is 5.91 Å². The van der Waals surface area contributed by atoms with Crippen molar-refractivity contribution in [3.63, 3.8) is 0 Å². The molecule has 2 aliphatic carbocycles. The fraction of sp³-hybridized carbons (Fsp3) is 0.226. The number of hydrogen-bond acceptors (Lipinski definition) is 9. The summed E-state index contributed by atoms with van der Waals surface area (Å²) in [6.45, 7) is 3.50. The summed E-state index contributed by atoms with van der Waals surface area (Å²) in [5, 5.41) is 6.53. The van der Waals surface area contributed by atoms with Crippen LogP contribution < -0.4 is 32.6 Å². The van der Waals surface area contributed by atoms with Crippen LogP contribution in [0.25, 0.3) is 10.1 Å². The topological polar surface area (TPSA) is 175 Å². The number of hydrogen-bond donors (Lipinski definition) is 5. The number of aromatic nitrogens is 1. The third-order valence-corrected chi connectivity index (χ3v) is 9.28. The van der Waals surface area contributed by atoms with Crippen molar-refractivity contribution < 1.29 is 19.1 Å². The first-order valence-electron chi connectivity index (χ1n) is 13.6. The van der Waals surface area contributed by atoms with Gasteiger partial charge < -0.3 is 32.6 Å². The van der Waals surface area contributed by atoms with E-state index >= 15 is 0 Å². The maximum Gasteiger partial charge on any atom is 0.262 e. The van der Waals surface area contributed by atoms with Gasteiger partial charge in [0.2, 0.25) is 11.8 Å². The van der Waals surface area contributed by atoms with Crippen molar-refractivity contribution in [1.29, 1.82) is 0 Å². The molecule has 6 rings (SSSR count). The molecule has 2 amide bonds. The van der Waals surface area contributed by atoms with Gasteiger partial charge in [-0.3, -0.25) is 14.4 Å². The highest BCUT2D eigenvalue weighted by molar-refractivity contribution is 7.21. The largest absolute Gasteiger partial charge is 0.439 e. The second-order valence-electron chi connectivity index (χ2n) is 10.5. The number of benzene rings is 2. The lowest BCUT2D eigenvalue weighted by atomic mass is 9.71. The highest BCUT2D eigenvalue weighted by Gasteiger charge is 2.49. The molecule has 42 heavy (non-hydrogen) atoms. The smallest absolute Gasteiger partial charge is 0.262 e. The molecule has 4 aromatic rings. The Morgan fingerprint density at radius 2 is 1.81 bits per heavy atom. The van der Waals surface area contributed by atoms with E-state index in [1.54, 1.807) is 24.3 Å². The number of amides is 2. The van der Waals surface area contributed by atoms with Crippen LogP contribution in [0.5, 0.6) is 11.6 Å². The van der Waals surface area contributed by atoms with Gasteiger partial charge in [0.1, 0.15) is 11.3 Å². The number of ether oxygens (including phenoxy) is 1. The number of para-hydroxylation sites is 1. The molecule has 0 spiro atoms. The molecule has 8 N–H and O–H groups in total. The molecule has 0 saturated heterocycles. The number of nitrogens with one attached hydrogen (secondary N) is 2. The molecule has 0 aliphatic heterocycles. The Bertz CT molecular complexity index is 1720. The maximum absolute atomic E-state index is 14.0. The molecule has 11 heteroatoms. The number of rotatable bonds is 7. The summed E-state index contributed by atoms with van der Waals surface area (Å²) in [4.78, 5) is 44.3. The zero-order valence-corrected chi connectivity index (χ0v) is 23.4. The zero-order valence-electron chi connectivity index (χ0n) is 22.6. The van der Waals surface area contributed by atoms with Gasteiger partial charge in [-0.15, -0.1) is 11.3 Å². The molecule has 1 saturated carbocycles. The first-order chi connectivity index (χ1) is 20.2. The Labute approximate surface area is 245 Å². The number of carbonyl (C=O) groups is 3. The molecule has 2 aromatic carbocycles. The minimum atomic E-state index is -1.63. The molecule has 4 atom stereocenters. The van der Waals surface area contributed by atoms with Crippen molar-refractivity contribution in [3.8, 4) is 11.6 Å². The molecule has 0 radical (unpaired) electrons. The lowest BCUT2D eigenvalue weighted by Gasteiger charge is -2.36. The Morgan fingerprint density at radius 1 is 1.07 bits per heavy atom. The normalized spacial score (nSPS) is 23.0. The molecule has 214 valence electrons. The van der Waals surface area contributed by atoms with Crippen LogP contribution in [-0.4, -0.2) is 34.7 Å². The first kappa shape index (κ1) is 27.6. The van der Waals surface area contributed by atoms with Crippen molar-refractivity contribution in [2.45, 2.75) is 42.9 Å². The summed E-state index contributed by atoms with van der Waals surface area (Å²) in [6.07, 6.45) is 5.00. The van der Waals surface area contributed by atoms with Crippen LogP contribution in [0, 0.1) is 0 Å². The highest BCUT2D eigenvalue weighted by atomic mass is 32.1. The van der Waals surface area contributed by atoms with Crippen molar-refractivity contribution in [2.75, 3.05) is 5.73 Å². The van der Waals surface area contributed by atoms with Crippen LogP contribution in [0.3, 0.4) is 0 Å². The fourth-order valence-corrected chi connectivity index (χ4v) is 7.11. The predicted molar refractivity (Wildman–Crippen MR) is 161 cm³/mol. The van der Waals surface area contributed by atoms with Crippen LogP contribution >= 0.6 is 11.3 Å². The number of ketones is 1. The number of carbonyl (C=O) groups excluding carboxylic acids is 3. The fourth-order valence-electron chi connectivity index (χ4n) is 5.91. The van der Waals surface area contributed by atoms with E-state index in [9.17, 15) is 14.4 Å². The van der Waals surface area contributed by atoms with E-state index in [0.717, 1.165) is 12.8 Å². The van der Waals surface area contributed by atoms with Crippen LogP contribution in [-0.2, 0) is 15.1 Å². The molecule has 2 aromatic heterocycles. The molecule has 1 fully saturated rings. The molecule has 2 heterocycles. The summed E-state index contributed by atoms with van der Waals surface area (Å²) in [7, 11) is 0. The van der Waals surface area contributed by atoms with E-state index in [4.69, 9.17) is 21.9 Å². The average molecular weight is 583 g/mol. The van der Waals surface area contributed by atoms with E-state index in [1.807, 2.05) is 30.3 Å². The second-order valence-corrected chi connectivity index (χ2v) is 11.6. The number of anilines is 1. The van der Waals surface area contributed by atoms with Gasteiger partial charge in [0, 0.05) is 46.5 Å². The summed E-state index contributed by atoms with van der Waals surface area (Å²) in [5.74, 6) is -0.177. The standard InChI is InChI=1S/C31H30N6O4S/c1-2-22(38)36-20-9-6-10-21(20)37-30(40)28-25-24-18(12-13-19(32)27(24)42-28)31(34,29(39)26(25)33)16-11-14-23(35-15-16)41-17-7-4-3-5-8-17/h2-5,7-8,11-15,20-21,26H,1,6,9-10,32-34H2,(H,36,38)(H,37,40)/t20-,21-,26?,31?/m1/s1. The number of nitrogen functional groups attached to an aromatic ring is 1. The average Bonchev–Trinajstić information content (AvgIpc) is 3.61. The Kier molecular flexibility index (Phi) is 7.01. The van der Waals surface area contributed by atoms with Crippen LogP contribution in [0.1, 0.15) is 51.7 Å². The zero-order chi connectivity index (χ0) is 29.6. The molecule has 2 aliphatic rings. The monoisotopic (exact) mass is 582 g/mol. The molecular formula is C31H30N6O4S. The van der Waals surface area contributed by atoms with Crippen molar-refractivity contribution in [3.05, 3.63) is 95.0 Å². The number of thiophene rings is 1. The predicted octanol–water partition coefficient (Wildman–Crippen LogP) is 3.41. The Hall–Kier alpha value is -4.58. The summed E-state index contributed by atoms with van der Waals surface area (Å²) in [5.41, 5.74) is 20.1. The van der Waals surface area contributed by atoms with Gasteiger partial charge in [-0.05, 0) is 55.2 Å². The second kappa shape index (κ2) is 10.7. The highest BCUT2D eigenvalue weighted by Crippen LogP contribution is 2.49. The van der Waals surface area contributed by atoms with E-state index in [1.165, 1.54) is 23.6 Å². The molecule has 2 unspecified atom stereocenters. The number of nitrogens with two attached hydrogens (primary N) is 3. The summed E-state index contributed by atoms with van der Waals surface area (Å²) >= 11 is 1.18. The third kappa shape index (κ3) is 4.51. The van der Waals surface area contributed by atoms with Crippen molar-refractivity contribution in [1.82, 2.24) is 15.6 Å². The molecule has 10 nitrogen and oxygen atoms in total. The van der Waals surface area contributed by atoms with E-state index in [0.29, 0.717) is 55.4 Å². The Balaban J connectivity index is 1.37. The van der Waals surface area contributed by atoms with E-state index < -0.39 is 17.4 Å². The minimum absolute atomic E-state index is 0.223. The Morgan fingerprint density at radius 3 is 2.50 bits per heavy atom. The number of nitrogens with zero attached hydrogens (tertiary/aromatic N) is 1. The number of Topliss-reactive ketones (excluding diaryl/α,β-unsaturated/α-hetero) is 1. The molecule has 0 bridgehead atoms. The lowest BCUT2D eigenvalue weighted by molar-refractivity contribution is -0.124. The van der Waals surface area contributed by atoms with Gasteiger partial charge in [0.05, 0.1) is 15.6 Å². The van der Waals surface area contributed by atoms with Crippen LogP contribution in [0.2, 0.25) is 0 Å². The van der Waals surface area contributed by atoms with E-state index in [-0.39, 0.29) is 23.9 Å². The van der Waals surface area contributed by atoms with Crippen LogP contribution in [0.4, 0.5) is 5.69 Å². The summed E-state index contributed by atoms with van der Waals surface area (Å²) in [6, 6.07) is 14.3. The number of pyridine rings is 1. The van der Waals surface area contributed by atoms with E-state index in [2.05, 4.69) is 22.2 Å². The van der Waals surface area contributed by atoms with Crippen molar-refractivity contribution in [2.24, 2.45) is 11.5 Å².